The Balaban J connectivity index is 2.02. The summed E-state index contributed by atoms with van der Waals surface area (Å²) in [5, 5.41) is 7.88. The van der Waals surface area contributed by atoms with E-state index < -0.39 is 0 Å². The van der Waals surface area contributed by atoms with E-state index in [0.29, 0.717) is 31.0 Å². The number of rotatable bonds is 2. The Hall–Kier alpha value is -1.95. The SMILES string of the molecule is NCC1CC(=O)N(c2n[nH]c3ncccc23)C1. The molecule has 0 radical (unpaired) electrons. The molecule has 17 heavy (non-hydrogen) atoms. The number of hydrogen-bond donors (Lipinski definition) is 2. The van der Waals surface area contributed by atoms with Gasteiger partial charge in [0.05, 0.1) is 5.39 Å². The minimum absolute atomic E-state index is 0.0812. The van der Waals surface area contributed by atoms with E-state index in [2.05, 4.69) is 15.2 Å². The maximum absolute atomic E-state index is 11.9. The Morgan fingerprint density at radius 3 is 3.24 bits per heavy atom. The average Bonchev–Trinajstić information content (AvgIpc) is 2.92. The Morgan fingerprint density at radius 1 is 1.59 bits per heavy atom. The van der Waals surface area contributed by atoms with Gasteiger partial charge in [0.1, 0.15) is 0 Å². The maximum atomic E-state index is 11.9. The fourth-order valence-electron chi connectivity index (χ4n) is 2.19. The molecule has 2 aromatic rings. The number of pyridine rings is 1. The number of nitrogens with one attached hydrogen (secondary N) is 1. The first kappa shape index (κ1) is 10.2. The summed E-state index contributed by atoms with van der Waals surface area (Å²) in [4.78, 5) is 17.7. The molecule has 1 fully saturated rings. The summed E-state index contributed by atoms with van der Waals surface area (Å²) in [6, 6.07) is 3.74. The molecule has 2 aromatic heterocycles. The van der Waals surface area contributed by atoms with Crippen molar-refractivity contribution in [1.29, 1.82) is 0 Å². The number of nitrogens with zero attached hydrogens (tertiary/aromatic N) is 3. The number of anilines is 1. The van der Waals surface area contributed by atoms with Gasteiger partial charge in [0.2, 0.25) is 5.91 Å². The first-order valence-corrected chi connectivity index (χ1v) is 5.59. The van der Waals surface area contributed by atoms with Crippen LogP contribution in [0.3, 0.4) is 0 Å². The molecule has 3 N–H and O–H groups in total. The summed E-state index contributed by atoms with van der Waals surface area (Å²) in [6.45, 7) is 1.17. The van der Waals surface area contributed by atoms with Crippen molar-refractivity contribution < 1.29 is 4.79 Å². The summed E-state index contributed by atoms with van der Waals surface area (Å²) >= 11 is 0. The van der Waals surface area contributed by atoms with Crippen LogP contribution in [0.1, 0.15) is 6.42 Å². The van der Waals surface area contributed by atoms with Crippen molar-refractivity contribution in [3.8, 4) is 0 Å². The monoisotopic (exact) mass is 231 g/mol. The molecule has 88 valence electrons. The lowest BCUT2D eigenvalue weighted by Gasteiger charge is -2.13. The molecule has 1 amide bonds. The van der Waals surface area contributed by atoms with Crippen LogP contribution in [0.4, 0.5) is 5.82 Å². The lowest BCUT2D eigenvalue weighted by atomic mass is 10.1. The summed E-state index contributed by atoms with van der Waals surface area (Å²) < 4.78 is 0. The van der Waals surface area contributed by atoms with Crippen LogP contribution in [0.15, 0.2) is 18.3 Å². The van der Waals surface area contributed by atoms with Crippen LogP contribution in [-0.4, -0.2) is 34.2 Å². The number of aromatic amines is 1. The average molecular weight is 231 g/mol. The number of nitrogens with two attached hydrogens (primary N) is 1. The van der Waals surface area contributed by atoms with Crippen molar-refractivity contribution in [1.82, 2.24) is 15.2 Å². The number of fused-ring (bicyclic) bond motifs is 1. The smallest absolute Gasteiger partial charge is 0.228 e. The number of H-pyrrole nitrogens is 1. The fraction of sp³-hybridized carbons (Fsp3) is 0.364. The van der Waals surface area contributed by atoms with Crippen LogP contribution >= 0.6 is 0 Å². The highest BCUT2D eigenvalue weighted by molar-refractivity contribution is 6.01. The van der Waals surface area contributed by atoms with Crippen LogP contribution < -0.4 is 10.6 Å². The second-order valence-electron chi connectivity index (χ2n) is 4.26. The zero-order valence-corrected chi connectivity index (χ0v) is 9.26. The zero-order valence-electron chi connectivity index (χ0n) is 9.26. The predicted octanol–water partition coefficient (Wildman–Crippen LogP) is 0.269. The Morgan fingerprint density at radius 2 is 2.47 bits per heavy atom. The highest BCUT2D eigenvalue weighted by atomic mass is 16.2. The molecule has 0 bridgehead atoms. The van der Waals surface area contributed by atoms with Gasteiger partial charge in [-0.2, -0.15) is 5.10 Å². The van der Waals surface area contributed by atoms with Crippen LogP contribution in [0.2, 0.25) is 0 Å². The summed E-state index contributed by atoms with van der Waals surface area (Å²) in [6.07, 6.45) is 2.20. The van der Waals surface area contributed by atoms with Gasteiger partial charge in [-0.25, -0.2) is 4.98 Å². The predicted molar refractivity (Wildman–Crippen MR) is 63.4 cm³/mol. The lowest BCUT2D eigenvalue weighted by Crippen LogP contribution is -2.26. The maximum Gasteiger partial charge on any atom is 0.228 e. The number of hydrogen-bond acceptors (Lipinski definition) is 4. The van der Waals surface area contributed by atoms with Crippen LogP contribution in [0.25, 0.3) is 11.0 Å². The quantitative estimate of drug-likeness (QED) is 0.776. The van der Waals surface area contributed by atoms with E-state index in [9.17, 15) is 4.79 Å². The number of carbonyl (C=O) groups excluding carboxylic acids is 1. The molecule has 6 nitrogen and oxygen atoms in total. The molecule has 1 atom stereocenters. The van der Waals surface area contributed by atoms with Crippen LogP contribution in [-0.2, 0) is 4.79 Å². The standard InChI is InChI=1S/C11H13N5O/c12-5-7-4-9(17)16(6-7)11-8-2-1-3-13-10(8)14-15-11/h1-3,7H,4-6,12H2,(H,13,14,15). The van der Waals surface area contributed by atoms with Crippen molar-refractivity contribution in [3.63, 3.8) is 0 Å². The van der Waals surface area contributed by atoms with E-state index in [1.807, 2.05) is 12.1 Å². The zero-order chi connectivity index (χ0) is 11.8. The van der Waals surface area contributed by atoms with Gasteiger partial charge in [0, 0.05) is 19.2 Å². The molecule has 0 spiro atoms. The van der Waals surface area contributed by atoms with Gasteiger partial charge in [0.25, 0.3) is 0 Å². The molecule has 0 aromatic carbocycles. The third-order valence-electron chi connectivity index (χ3n) is 3.11. The van der Waals surface area contributed by atoms with Crippen molar-refractivity contribution in [2.24, 2.45) is 11.7 Å². The van der Waals surface area contributed by atoms with Gasteiger partial charge >= 0.3 is 0 Å². The Kier molecular flexibility index (Phi) is 2.29. The fourth-order valence-corrected chi connectivity index (χ4v) is 2.19. The summed E-state index contributed by atoms with van der Waals surface area (Å²) in [5.74, 6) is 0.970. The van der Waals surface area contributed by atoms with Gasteiger partial charge in [0.15, 0.2) is 11.5 Å². The van der Waals surface area contributed by atoms with E-state index in [-0.39, 0.29) is 11.8 Å². The first-order valence-electron chi connectivity index (χ1n) is 5.59. The summed E-state index contributed by atoms with van der Waals surface area (Å²) in [5.41, 5.74) is 6.31. The topological polar surface area (TPSA) is 87.9 Å². The molecular weight excluding hydrogens is 218 g/mol. The largest absolute Gasteiger partial charge is 0.330 e. The van der Waals surface area contributed by atoms with Gasteiger partial charge in [-0.05, 0) is 24.6 Å². The lowest BCUT2D eigenvalue weighted by molar-refractivity contribution is -0.117. The van der Waals surface area contributed by atoms with Crippen molar-refractivity contribution in [2.45, 2.75) is 6.42 Å². The second-order valence-corrected chi connectivity index (χ2v) is 4.26. The third-order valence-corrected chi connectivity index (χ3v) is 3.11. The molecule has 6 heteroatoms. The first-order chi connectivity index (χ1) is 8.29. The molecule has 0 aliphatic carbocycles. The molecule has 3 heterocycles. The second kappa shape index (κ2) is 3.81. The van der Waals surface area contributed by atoms with Crippen molar-refractivity contribution in [3.05, 3.63) is 18.3 Å². The number of aromatic nitrogens is 3. The van der Waals surface area contributed by atoms with E-state index >= 15 is 0 Å². The van der Waals surface area contributed by atoms with Crippen LogP contribution in [0.5, 0.6) is 0 Å². The van der Waals surface area contributed by atoms with Crippen molar-refractivity contribution in [2.75, 3.05) is 18.0 Å². The molecule has 3 rings (SSSR count). The number of carbonyl (C=O) groups is 1. The highest BCUT2D eigenvalue weighted by Crippen LogP contribution is 2.28. The van der Waals surface area contributed by atoms with Crippen molar-refractivity contribution >= 4 is 22.8 Å². The molecule has 1 unspecified atom stereocenters. The molecule has 1 saturated heterocycles. The van der Waals surface area contributed by atoms with E-state index in [1.54, 1.807) is 11.1 Å². The van der Waals surface area contributed by atoms with Gasteiger partial charge in [-0.15, -0.1) is 0 Å². The molecular formula is C11H13N5O. The minimum Gasteiger partial charge on any atom is -0.330 e. The normalized spacial score (nSPS) is 20.4. The third kappa shape index (κ3) is 1.57. The van der Waals surface area contributed by atoms with Gasteiger partial charge in [-0.3, -0.25) is 14.8 Å². The van der Waals surface area contributed by atoms with E-state index in [1.165, 1.54) is 0 Å². The molecule has 0 saturated carbocycles. The molecule has 1 aliphatic heterocycles. The van der Waals surface area contributed by atoms with Crippen LogP contribution in [0, 0.1) is 5.92 Å². The van der Waals surface area contributed by atoms with E-state index in [0.717, 1.165) is 5.39 Å². The van der Waals surface area contributed by atoms with E-state index in [4.69, 9.17) is 5.73 Å². The minimum atomic E-state index is 0.0812. The Bertz CT molecular complexity index is 564. The highest BCUT2D eigenvalue weighted by Gasteiger charge is 2.31. The molecule has 1 aliphatic rings. The van der Waals surface area contributed by atoms with Gasteiger partial charge in [-0.1, -0.05) is 0 Å². The van der Waals surface area contributed by atoms with Gasteiger partial charge < -0.3 is 5.73 Å². The number of amides is 1. The summed E-state index contributed by atoms with van der Waals surface area (Å²) in [7, 11) is 0. The Labute approximate surface area is 97.8 Å².